The number of benzene rings is 3. The van der Waals surface area contributed by atoms with Gasteiger partial charge in [0, 0.05) is 16.5 Å². The van der Waals surface area contributed by atoms with Gasteiger partial charge in [0.2, 0.25) is 11.1 Å². The summed E-state index contributed by atoms with van der Waals surface area (Å²) in [5.74, 6) is -0.0618. The van der Waals surface area contributed by atoms with E-state index in [1.807, 2.05) is 36.4 Å². The molecule has 0 aliphatic carbocycles. The van der Waals surface area contributed by atoms with Gasteiger partial charge in [0.25, 0.3) is 0 Å². The summed E-state index contributed by atoms with van der Waals surface area (Å²) >= 11 is 7.31. The number of hydrogen-bond donors (Lipinski definition) is 2. The minimum atomic E-state index is -0.199. The minimum absolute atomic E-state index is 0.137. The zero-order valence-electron chi connectivity index (χ0n) is 14.5. The van der Waals surface area contributed by atoms with Crippen LogP contribution in [0.5, 0.6) is 0 Å². The quantitative estimate of drug-likeness (QED) is 0.383. The third-order valence-electron chi connectivity index (χ3n) is 4.08. The average molecular weight is 411 g/mol. The van der Waals surface area contributed by atoms with E-state index in [1.165, 1.54) is 11.8 Å². The SMILES string of the molecule is Nc1ccc(-n2nnnc2SCC(=O)Nc2ccccc2Cl)c2ccccc12. The van der Waals surface area contributed by atoms with E-state index in [4.69, 9.17) is 17.3 Å². The first kappa shape index (κ1) is 18.3. The lowest BCUT2D eigenvalue weighted by molar-refractivity contribution is -0.113. The first-order chi connectivity index (χ1) is 13.6. The van der Waals surface area contributed by atoms with Gasteiger partial charge in [-0.2, -0.15) is 4.68 Å². The third kappa shape index (κ3) is 3.64. The number of nitrogens with two attached hydrogens (primary N) is 1. The molecule has 0 radical (unpaired) electrons. The van der Waals surface area contributed by atoms with Crippen LogP contribution in [0.2, 0.25) is 5.02 Å². The molecule has 140 valence electrons. The smallest absolute Gasteiger partial charge is 0.234 e. The van der Waals surface area contributed by atoms with Crippen molar-refractivity contribution in [3.05, 3.63) is 65.7 Å². The molecule has 28 heavy (non-hydrogen) atoms. The molecule has 0 bridgehead atoms. The van der Waals surface area contributed by atoms with Gasteiger partial charge in [-0.05, 0) is 34.7 Å². The summed E-state index contributed by atoms with van der Waals surface area (Å²) in [6, 6.07) is 18.5. The monoisotopic (exact) mass is 410 g/mol. The van der Waals surface area contributed by atoms with Crippen molar-refractivity contribution in [2.75, 3.05) is 16.8 Å². The second kappa shape index (κ2) is 7.87. The summed E-state index contributed by atoms with van der Waals surface area (Å²) in [6.45, 7) is 0. The molecular weight excluding hydrogens is 396 g/mol. The highest BCUT2D eigenvalue weighted by Crippen LogP contribution is 2.29. The number of halogens is 1. The van der Waals surface area contributed by atoms with Crippen LogP contribution >= 0.6 is 23.4 Å². The molecule has 3 aromatic carbocycles. The van der Waals surface area contributed by atoms with Crippen LogP contribution in [-0.4, -0.2) is 31.9 Å². The Morgan fingerprint density at radius 1 is 1.07 bits per heavy atom. The van der Waals surface area contributed by atoms with Gasteiger partial charge in [-0.1, -0.05) is 59.8 Å². The van der Waals surface area contributed by atoms with Crippen molar-refractivity contribution in [1.82, 2.24) is 20.2 Å². The second-order valence-electron chi connectivity index (χ2n) is 5.91. The number of fused-ring (bicyclic) bond motifs is 1. The molecule has 0 unspecified atom stereocenters. The Bertz CT molecular complexity index is 1160. The van der Waals surface area contributed by atoms with Gasteiger partial charge in [0.1, 0.15) is 0 Å². The summed E-state index contributed by atoms with van der Waals surface area (Å²) in [6.07, 6.45) is 0. The van der Waals surface area contributed by atoms with Gasteiger partial charge in [0.15, 0.2) is 0 Å². The van der Waals surface area contributed by atoms with Gasteiger partial charge >= 0.3 is 0 Å². The molecule has 0 aliphatic rings. The number of aromatic nitrogens is 4. The molecule has 0 fully saturated rings. The maximum Gasteiger partial charge on any atom is 0.234 e. The van der Waals surface area contributed by atoms with Crippen LogP contribution in [0.1, 0.15) is 0 Å². The summed E-state index contributed by atoms with van der Waals surface area (Å²) in [4.78, 5) is 12.3. The van der Waals surface area contributed by atoms with Crippen molar-refractivity contribution in [2.24, 2.45) is 0 Å². The molecule has 1 amide bonds. The first-order valence-electron chi connectivity index (χ1n) is 8.36. The molecule has 1 aromatic heterocycles. The van der Waals surface area contributed by atoms with Gasteiger partial charge in [-0.25, -0.2) is 0 Å². The lowest BCUT2D eigenvalue weighted by Gasteiger charge is -2.10. The fraction of sp³-hybridized carbons (Fsp3) is 0.0526. The van der Waals surface area contributed by atoms with Crippen LogP contribution in [0.25, 0.3) is 16.5 Å². The summed E-state index contributed by atoms with van der Waals surface area (Å²) in [5.41, 5.74) is 8.12. The van der Waals surface area contributed by atoms with E-state index in [-0.39, 0.29) is 11.7 Å². The van der Waals surface area contributed by atoms with E-state index in [9.17, 15) is 4.79 Å². The van der Waals surface area contributed by atoms with Crippen LogP contribution in [-0.2, 0) is 4.79 Å². The zero-order chi connectivity index (χ0) is 19.5. The Morgan fingerprint density at radius 2 is 1.82 bits per heavy atom. The molecule has 0 spiro atoms. The van der Waals surface area contributed by atoms with Gasteiger partial charge in [0.05, 0.1) is 22.2 Å². The summed E-state index contributed by atoms with van der Waals surface area (Å²) in [5, 5.41) is 17.5. The number of carbonyl (C=O) groups is 1. The van der Waals surface area contributed by atoms with E-state index >= 15 is 0 Å². The lowest BCUT2D eigenvalue weighted by Crippen LogP contribution is -2.15. The van der Waals surface area contributed by atoms with E-state index in [0.29, 0.717) is 21.6 Å². The number of nitrogens with zero attached hydrogens (tertiary/aromatic N) is 4. The molecule has 0 atom stereocenters. The van der Waals surface area contributed by atoms with Gasteiger partial charge in [-0.3, -0.25) is 4.79 Å². The number of rotatable bonds is 5. The highest BCUT2D eigenvalue weighted by atomic mass is 35.5. The Labute approximate surface area is 169 Å². The third-order valence-corrected chi connectivity index (χ3v) is 5.33. The lowest BCUT2D eigenvalue weighted by atomic mass is 10.1. The number of amides is 1. The number of carbonyl (C=O) groups excluding carboxylic acids is 1. The molecule has 7 nitrogen and oxygen atoms in total. The van der Waals surface area contributed by atoms with E-state index in [2.05, 4.69) is 20.8 Å². The summed E-state index contributed by atoms with van der Waals surface area (Å²) in [7, 11) is 0. The molecule has 1 heterocycles. The van der Waals surface area contributed by atoms with Crippen LogP contribution < -0.4 is 11.1 Å². The highest BCUT2D eigenvalue weighted by molar-refractivity contribution is 7.99. The first-order valence-corrected chi connectivity index (χ1v) is 9.73. The largest absolute Gasteiger partial charge is 0.398 e. The van der Waals surface area contributed by atoms with Crippen molar-refractivity contribution in [3.8, 4) is 5.69 Å². The van der Waals surface area contributed by atoms with E-state index in [0.717, 1.165) is 16.5 Å². The van der Waals surface area contributed by atoms with Gasteiger partial charge < -0.3 is 11.1 Å². The summed E-state index contributed by atoms with van der Waals surface area (Å²) < 4.78 is 1.61. The number of nitrogen functional groups attached to an aromatic ring is 1. The maximum absolute atomic E-state index is 12.3. The molecule has 0 aliphatic heterocycles. The number of nitrogens with one attached hydrogen (secondary N) is 1. The molecule has 4 rings (SSSR count). The molecule has 9 heteroatoms. The molecule has 4 aromatic rings. The standard InChI is InChI=1S/C19H15ClN6OS/c20-14-7-3-4-8-16(14)22-18(27)11-28-19-23-24-25-26(19)17-10-9-15(21)12-5-1-2-6-13(12)17/h1-10H,11,21H2,(H,22,27). The molecule has 0 saturated heterocycles. The molecule has 3 N–H and O–H groups in total. The highest BCUT2D eigenvalue weighted by Gasteiger charge is 2.15. The Kier molecular flexibility index (Phi) is 5.14. The predicted octanol–water partition coefficient (Wildman–Crippen LogP) is 3.78. The average Bonchev–Trinajstić information content (AvgIpc) is 3.17. The molecular formula is C19H15ClN6OS. The van der Waals surface area contributed by atoms with Crippen LogP contribution in [0.4, 0.5) is 11.4 Å². The van der Waals surface area contributed by atoms with Crippen LogP contribution in [0.15, 0.2) is 65.8 Å². The van der Waals surface area contributed by atoms with Crippen molar-refractivity contribution in [3.63, 3.8) is 0 Å². The zero-order valence-corrected chi connectivity index (χ0v) is 16.1. The van der Waals surface area contributed by atoms with Crippen molar-refractivity contribution < 1.29 is 4.79 Å². The number of anilines is 2. The van der Waals surface area contributed by atoms with Gasteiger partial charge in [-0.15, -0.1) is 5.10 Å². The normalized spacial score (nSPS) is 10.9. The van der Waals surface area contributed by atoms with Crippen molar-refractivity contribution in [2.45, 2.75) is 5.16 Å². The Hall–Kier alpha value is -3.10. The number of tetrazole rings is 1. The van der Waals surface area contributed by atoms with Crippen LogP contribution in [0, 0.1) is 0 Å². The van der Waals surface area contributed by atoms with E-state index in [1.54, 1.807) is 28.9 Å². The van der Waals surface area contributed by atoms with Crippen molar-refractivity contribution in [1.29, 1.82) is 0 Å². The van der Waals surface area contributed by atoms with Crippen molar-refractivity contribution >= 4 is 51.4 Å². The maximum atomic E-state index is 12.3. The molecule has 0 saturated carbocycles. The Morgan fingerprint density at radius 3 is 2.64 bits per heavy atom. The Balaban J connectivity index is 1.55. The fourth-order valence-corrected chi connectivity index (χ4v) is 3.66. The predicted molar refractivity (Wildman–Crippen MR) is 112 cm³/mol. The van der Waals surface area contributed by atoms with E-state index < -0.39 is 0 Å². The topological polar surface area (TPSA) is 98.7 Å². The number of para-hydroxylation sites is 1. The number of hydrogen-bond acceptors (Lipinski definition) is 6. The minimum Gasteiger partial charge on any atom is -0.398 e. The number of thioether (sulfide) groups is 1. The fourth-order valence-electron chi connectivity index (χ4n) is 2.79. The van der Waals surface area contributed by atoms with Crippen LogP contribution in [0.3, 0.4) is 0 Å². The second-order valence-corrected chi connectivity index (χ2v) is 7.26.